The Balaban J connectivity index is 2.38. The average Bonchev–Trinajstić information content (AvgIpc) is 2.42. The Labute approximate surface area is 110 Å². The quantitative estimate of drug-likeness (QED) is 0.639. The number of benzene rings is 2. The molecule has 0 N–H and O–H groups in total. The molecule has 18 heavy (non-hydrogen) atoms. The second kappa shape index (κ2) is 6.20. The lowest BCUT2D eigenvalue weighted by molar-refractivity contribution is 0.519. The summed E-state index contributed by atoms with van der Waals surface area (Å²) in [4.78, 5) is 0. The Kier molecular flexibility index (Phi) is 4.35. The van der Waals surface area contributed by atoms with Crippen molar-refractivity contribution in [1.82, 2.24) is 0 Å². The normalized spacial score (nSPS) is 12.3. The Morgan fingerprint density at radius 2 is 1.33 bits per heavy atom. The smallest absolute Gasteiger partial charge is 0.0118 e. The van der Waals surface area contributed by atoms with Gasteiger partial charge in [0.15, 0.2) is 0 Å². The van der Waals surface area contributed by atoms with Crippen LogP contribution in [0.2, 0.25) is 0 Å². The van der Waals surface area contributed by atoms with Gasteiger partial charge in [-0.3, -0.25) is 0 Å². The zero-order valence-electron chi connectivity index (χ0n) is 10.9. The molecule has 0 radical (unpaired) electrons. The van der Waals surface area contributed by atoms with E-state index >= 15 is 0 Å². The van der Waals surface area contributed by atoms with E-state index in [2.05, 4.69) is 74.2 Å². The molecular formula is C18H20. The van der Waals surface area contributed by atoms with E-state index in [-0.39, 0.29) is 0 Å². The van der Waals surface area contributed by atoms with Gasteiger partial charge in [-0.2, -0.15) is 0 Å². The van der Waals surface area contributed by atoms with E-state index in [1.807, 2.05) is 6.08 Å². The Bertz CT molecular complexity index is 430. The molecule has 2 aromatic carbocycles. The highest BCUT2D eigenvalue weighted by Crippen LogP contribution is 2.33. The molecule has 2 rings (SSSR count). The molecule has 0 spiro atoms. The van der Waals surface area contributed by atoms with E-state index in [0.29, 0.717) is 11.8 Å². The summed E-state index contributed by atoms with van der Waals surface area (Å²) in [7, 11) is 0. The Hall–Kier alpha value is -1.82. The van der Waals surface area contributed by atoms with Crippen molar-refractivity contribution in [3.8, 4) is 0 Å². The zero-order chi connectivity index (χ0) is 12.8. The maximum absolute atomic E-state index is 3.87. The van der Waals surface area contributed by atoms with Crippen molar-refractivity contribution in [2.45, 2.75) is 19.3 Å². The molecule has 0 saturated heterocycles. The first kappa shape index (κ1) is 12.6. The van der Waals surface area contributed by atoms with Crippen molar-refractivity contribution in [3.05, 3.63) is 84.4 Å². The van der Waals surface area contributed by atoms with Crippen LogP contribution in [0.5, 0.6) is 0 Å². The van der Waals surface area contributed by atoms with Gasteiger partial charge in [-0.1, -0.05) is 73.7 Å². The standard InChI is InChI=1S/C18H20/c1-3-10-15(2)18(16-11-6-4-7-12-16)17-13-8-5-9-14-17/h3-9,11-15,18H,1,10H2,2H3. The SMILES string of the molecule is C=CCC(C)C(c1ccccc1)c1ccccc1. The van der Waals surface area contributed by atoms with Crippen LogP contribution >= 0.6 is 0 Å². The third-order valence-corrected chi connectivity index (χ3v) is 3.42. The largest absolute Gasteiger partial charge is 0.103 e. The Morgan fingerprint density at radius 3 is 1.72 bits per heavy atom. The first-order chi connectivity index (χ1) is 8.83. The molecular weight excluding hydrogens is 216 g/mol. The van der Waals surface area contributed by atoms with Gasteiger partial charge in [0, 0.05) is 5.92 Å². The monoisotopic (exact) mass is 236 g/mol. The predicted octanol–water partition coefficient (Wildman–Crippen LogP) is 5.03. The van der Waals surface area contributed by atoms with Crippen LogP contribution in [-0.2, 0) is 0 Å². The fourth-order valence-corrected chi connectivity index (χ4v) is 2.57. The van der Waals surface area contributed by atoms with Gasteiger partial charge in [0.25, 0.3) is 0 Å². The second-order valence-corrected chi connectivity index (χ2v) is 4.80. The molecule has 0 saturated carbocycles. The molecule has 0 heterocycles. The van der Waals surface area contributed by atoms with Crippen LogP contribution < -0.4 is 0 Å². The summed E-state index contributed by atoms with van der Waals surface area (Å²) in [6, 6.07) is 21.5. The van der Waals surface area contributed by atoms with Crippen LogP contribution in [-0.4, -0.2) is 0 Å². The summed E-state index contributed by atoms with van der Waals surface area (Å²) in [5, 5.41) is 0. The summed E-state index contributed by atoms with van der Waals surface area (Å²) < 4.78 is 0. The second-order valence-electron chi connectivity index (χ2n) is 4.80. The zero-order valence-corrected chi connectivity index (χ0v) is 10.9. The van der Waals surface area contributed by atoms with Crippen molar-refractivity contribution in [2.24, 2.45) is 5.92 Å². The summed E-state index contributed by atoms with van der Waals surface area (Å²) in [5.74, 6) is 1.01. The summed E-state index contributed by atoms with van der Waals surface area (Å²) in [5.41, 5.74) is 2.77. The van der Waals surface area contributed by atoms with Crippen LogP contribution in [0.1, 0.15) is 30.4 Å². The molecule has 92 valence electrons. The molecule has 2 aromatic rings. The third-order valence-electron chi connectivity index (χ3n) is 3.42. The van der Waals surface area contributed by atoms with Crippen molar-refractivity contribution in [2.75, 3.05) is 0 Å². The van der Waals surface area contributed by atoms with Gasteiger partial charge in [0.1, 0.15) is 0 Å². The van der Waals surface area contributed by atoms with Crippen molar-refractivity contribution in [1.29, 1.82) is 0 Å². The Morgan fingerprint density at radius 1 is 0.889 bits per heavy atom. The van der Waals surface area contributed by atoms with E-state index in [4.69, 9.17) is 0 Å². The first-order valence-electron chi connectivity index (χ1n) is 6.53. The van der Waals surface area contributed by atoms with Crippen molar-refractivity contribution < 1.29 is 0 Å². The lowest BCUT2D eigenvalue weighted by Crippen LogP contribution is -2.10. The average molecular weight is 236 g/mol. The van der Waals surface area contributed by atoms with Gasteiger partial charge >= 0.3 is 0 Å². The molecule has 0 bridgehead atoms. The van der Waals surface area contributed by atoms with Crippen LogP contribution in [0.15, 0.2) is 73.3 Å². The maximum Gasteiger partial charge on any atom is 0.0118 e. The lowest BCUT2D eigenvalue weighted by atomic mass is 9.80. The molecule has 0 heteroatoms. The molecule has 0 fully saturated rings. The van der Waals surface area contributed by atoms with Gasteiger partial charge < -0.3 is 0 Å². The van der Waals surface area contributed by atoms with Gasteiger partial charge in [-0.05, 0) is 23.5 Å². The minimum atomic E-state index is 0.449. The fourth-order valence-electron chi connectivity index (χ4n) is 2.57. The highest BCUT2D eigenvalue weighted by molar-refractivity contribution is 5.33. The minimum absolute atomic E-state index is 0.449. The van der Waals surface area contributed by atoms with Gasteiger partial charge in [0.05, 0.1) is 0 Å². The topological polar surface area (TPSA) is 0 Å². The van der Waals surface area contributed by atoms with Crippen molar-refractivity contribution >= 4 is 0 Å². The maximum atomic E-state index is 3.87. The molecule has 0 aliphatic rings. The highest BCUT2D eigenvalue weighted by Gasteiger charge is 2.19. The highest BCUT2D eigenvalue weighted by atomic mass is 14.2. The lowest BCUT2D eigenvalue weighted by Gasteiger charge is -2.24. The molecule has 0 nitrogen and oxygen atoms in total. The van der Waals surface area contributed by atoms with Crippen LogP contribution in [0, 0.1) is 5.92 Å². The summed E-state index contributed by atoms with van der Waals surface area (Å²) >= 11 is 0. The van der Waals surface area contributed by atoms with Gasteiger partial charge in [-0.25, -0.2) is 0 Å². The first-order valence-corrected chi connectivity index (χ1v) is 6.53. The molecule has 1 atom stereocenters. The molecule has 0 aromatic heterocycles. The van der Waals surface area contributed by atoms with Crippen LogP contribution in [0.3, 0.4) is 0 Å². The summed E-state index contributed by atoms with van der Waals surface area (Å²) in [6.45, 7) is 6.17. The van der Waals surface area contributed by atoms with Gasteiger partial charge in [0.2, 0.25) is 0 Å². The molecule has 0 amide bonds. The van der Waals surface area contributed by atoms with Gasteiger partial charge in [-0.15, -0.1) is 6.58 Å². The number of hydrogen-bond acceptors (Lipinski definition) is 0. The van der Waals surface area contributed by atoms with E-state index in [0.717, 1.165) is 6.42 Å². The van der Waals surface area contributed by atoms with E-state index in [9.17, 15) is 0 Å². The fraction of sp³-hybridized carbons (Fsp3) is 0.222. The number of allylic oxidation sites excluding steroid dienone is 1. The molecule has 1 unspecified atom stereocenters. The van der Waals surface area contributed by atoms with Crippen LogP contribution in [0.25, 0.3) is 0 Å². The molecule has 0 aliphatic heterocycles. The minimum Gasteiger partial charge on any atom is -0.103 e. The molecule has 0 aliphatic carbocycles. The van der Waals surface area contributed by atoms with E-state index < -0.39 is 0 Å². The number of rotatable bonds is 5. The predicted molar refractivity (Wildman–Crippen MR) is 78.7 cm³/mol. The van der Waals surface area contributed by atoms with Crippen molar-refractivity contribution in [3.63, 3.8) is 0 Å². The van der Waals surface area contributed by atoms with Crippen LogP contribution in [0.4, 0.5) is 0 Å². The van der Waals surface area contributed by atoms with E-state index in [1.165, 1.54) is 11.1 Å². The number of hydrogen-bond donors (Lipinski definition) is 0. The van der Waals surface area contributed by atoms with E-state index in [1.54, 1.807) is 0 Å². The summed E-state index contributed by atoms with van der Waals surface area (Å²) in [6.07, 6.45) is 3.05. The third kappa shape index (κ3) is 2.89.